The van der Waals surface area contributed by atoms with E-state index in [4.69, 9.17) is 0 Å². The maximum Gasteiger partial charge on any atom is 0.236 e. The van der Waals surface area contributed by atoms with Gasteiger partial charge in [0.15, 0.2) is 0 Å². The summed E-state index contributed by atoms with van der Waals surface area (Å²) >= 11 is 0. The topological polar surface area (TPSA) is 32.3 Å². The Morgan fingerprint density at radius 2 is 1.75 bits per heavy atom. The van der Waals surface area contributed by atoms with E-state index < -0.39 is 0 Å². The molecule has 0 radical (unpaired) electrons. The van der Waals surface area contributed by atoms with Gasteiger partial charge in [-0.15, -0.1) is 0 Å². The molecule has 0 aromatic heterocycles. The van der Waals surface area contributed by atoms with Crippen molar-refractivity contribution in [2.24, 2.45) is 0 Å². The lowest BCUT2D eigenvalue weighted by molar-refractivity contribution is -0.129. The molecule has 1 N–H and O–H groups in total. The van der Waals surface area contributed by atoms with Crippen LogP contribution >= 0.6 is 0 Å². The fourth-order valence-corrected chi connectivity index (χ4v) is 3.29. The first kappa shape index (κ1) is 15.0. The zero-order valence-corrected chi connectivity index (χ0v) is 13.1. The number of hydrogen-bond donors (Lipinski definition) is 1. The van der Waals surface area contributed by atoms with Crippen molar-refractivity contribution in [3.63, 3.8) is 0 Å². The molecule has 0 aliphatic carbocycles. The highest BCUT2D eigenvalue weighted by atomic mass is 16.2. The largest absolute Gasteiger partial charge is 0.342 e. The van der Waals surface area contributed by atoms with Gasteiger partial charge in [0.05, 0.1) is 6.54 Å². The predicted molar refractivity (Wildman–Crippen MR) is 82.9 cm³/mol. The van der Waals surface area contributed by atoms with Gasteiger partial charge in [0, 0.05) is 19.1 Å². The number of likely N-dealkylation sites (tertiary alicyclic amines) is 1. The zero-order valence-electron chi connectivity index (χ0n) is 13.1. The standard InChI is InChI=1S/C17H26N2O/c1-12-9-13(2)17(14(3)10-12)15(4)18-11-16(20)19-7-5-6-8-19/h9-10,15,18H,5-8,11H2,1-4H3. The van der Waals surface area contributed by atoms with Crippen LogP contribution in [0.15, 0.2) is 12.1 Å². The van der Waals surface area contributed by atoms with Crippen molar-refractivity contribution in [1.82, 2.24) is 10.2 Å². The summed E-state index contributed by atoms with van der Waals surface area (Å²) in [4.78, 5) is 14.0. The Labute approximate surface area is 122 Å². The van der Waals surface area contributed by atoms with E-state index in [9.17, 15) is 4.79 Å². The van der Waals surface area contributed by atoms with E-state index in [-0.39, 0.29) is 11.9 Å². The minimum atomic E-state index is 0.210. The Morgan fingerprint density at radius 3 is 2.30 bits per heavy atom. The average Bonchev–Trinajstić information content (AvgIpc) is 2.88. The summed E-state index contributed by atoms with van der Waals surface area (Å²) in [5.41, 5.74) is 5.22. The molecule has 0 saturated carbocycles. The van der Waals surface area contributed by atoms with Crippen LogP contribution < -0.4 is 5.32 Å². The first-order valence-corrected chi connectivity index (χ1v) is 7.58. The Hall–Kier alpha value is -1.35. The van der Waals surface area contributed by atoms with Crippen LogP contribution in [0.4, 0.5) is 0 Å². The minimum Gasteiger partial charge on any atom is -0.342 e. The van der Waals surface area contributed by atoms with Crippen LogP contribution in [0.1, 0.15) is 48.1 Å². The third-order valence-electron chi connectivity index (χ3n) is 4.19. The molecule has 110 valence electrons. The number of carbonyl (C=O) groups is 1. The van der Waals surface area contributed by atoms with Crippen molar-refractivity contribution in [2.75, 3.05) is 19.6 Å². The molecule has 1 aromatic rings. The van der Waals surface area contributed by atoms with Crippen molar-refractivity contribution in [3.8, 4) is 0 Å². The number of nitrogens with one attached hydrogen (secondary N) is 1. The Balaban J connectivity index is 1.98. The maximum atomic E-state index is 12.1. The van der Waals surface area contributed by atoms with E-state index >= 15 is 0 Å². The van der Waals surface area contributed by atoms with Gasteiger partial charge in [-0.05, 0) is 57.2 Å². The summed E-state index contributed by atoms with van der Waals surface area (Å²) < 4.78 is 0. The number of hydrogen-bond acceptors (Lipinski definition) is 2. The van der Waals surface area contributed by atoms with Gasteiger partial charge in [0.25, 0.3) is 0 Å². The van der Waals surface area contributed by atoms with Crippen molar-refractivity contribution in [3.05, 3.63) is 34.4 Å². The Kier molecular flexibility index (Phi) is 4.81. The van der Waals surface area contributed by atoms with Crippen LogP contribution in [0, 0.1) is 20.8 Å². The fourth-order valence-electron chi connectivity index (χ4n) is 3.29. The Morgan fingerprint density at radius 1 is 1.20 bits per heavy atom. The van der Waals surface area contributed by atoms with Gasteiger partial charge in [-0.1, -0.05) is 17.7 Å². The summed E-state index contributed by atoms with van der Waals surface area (Å²) in [6.07, 6.45) is 2.30. The van der Waals surface area contributed by atoms with E-state index in [1.165, 1.54) is 22.3 Å². The smallest absolute Gasteiger partial charge is 0.236 e. The van der Waals surface area contributed by atoms with Crippen LogP contribution in [0.2, 0.25) is 0 Å². The molecular formula is C17H26N2O. The molecule has 0 spiro atoms. The van der Waals surface area contributed by atoms with Crippen LogP contribution in [0.3, 0.4) is 0 Å². The van der Waals surface area contributed by atoms with Gasteiger partial charge >= 0.3 is 0 Å². The molecule has 1 unspecified atom stereocenters. The quantitative estimate of drug-likeness (QED) is 0.915. The third-order valence-corrected chi connectivity index (χ3v) is 4.19. The second-order valence-corrected chi connectivity index (χ2v) is 6.00. The van der Waals surface area contributed by atoms with Crippen molar-refractivity contribution in [1.29, 1.82) is 0 Å². The fraction of sp³-hybridized carbons (Fsp3) is 0.588. The molecule has 1 fully saturated rings. The average molecular weight is 274 g/mol. The highest BCUT2D eigenvalue weighted by molar-refractivity contribution is 5.78. The molecule has 1 amide bonds. The number of benzene rings is 1. The lowest BCUT2D eigenvalue weighted by atomic mass is 9.95. The minimum absolute atomic E-state index is 0.210. The monoisotopic (exact) mass is 274 g/mol. The van der Waals surface area contributed by atoms with Crippen LogP contribution in [-0.2, 0) is 4.79 Å². The van der Waals surface area contributed by atoms with E-state index in [0.717, 1.165) is 25.9 Å². The second kappa shape index (κ2) is 6.40. The summed E-state index contributed by atoms with van der Waals surface area (Å²) in [5.74, 6) is 0.233. The number of rotatable bonds is 4. The molecule has 2 rings (SSSR count). The lowest BCUT2D eigenvalue weighted by Crippen LogP contribution is -2.37. The normalized spacial score (nSPS) is 16.5. The third kappa shape index (κ3) is 3.40. The Bertz CT molecular complexity index is 467. The van der Waals surface area contributed by atoms with Crippen molar-refractivity contribution < 1.29 is 4.79 Å². The predicted octanol–water partition coefficient (Wildman–Crippen LogP) is 2.88. The number of aryl methyl sites for hydroxylation is 3. The maximum absolute atomic E-state index is 12.1. The number of carbonyl (C=O) groups excluding carboxylic acids is 1. The molecule has 1 atom stereocenters. The summed E-state index contributed by atoms with van der Waals surface area (Å²) in [6, 6.07) is 4.63. The van der Waals surface area contributed by atoms with E-state index in [1.807, 2.05) is 4.90 Å². The second-order valence-electron chi connectivity index (χ2n) is 6.00. The summed E-state index contributed by atoms with van der Waals surface area (Å²) in [7, 11) is 0. The van der Waals surface area contributed by atoms with Gasteiger partial charge < -0.3 is 10.2 Å². The van der Waals surface area contributed by atoms with E-state index in [0.29, 0.717) is 6.54 Å². The lowest BCUT2D eigenvalue weighted by Gasteiger charge is -2.21. The van der Waals surface area contributed by atoms with Crippen LogP contribution in [0.25, 0.3) is 0 Å². The van der Waals surface area contributed by atoms with E-state index in [1.54, 1.807) is 0 Å². The summed E-state index contributed by atoms with van der Waals surface area (Å²) in [6.45, 7) is 10.9. The highest BCUT2D eigenvalue weighted by Crippen LogP contribution is 2.23. The zero-order chi connectivity index (χ0) is 14.7. The molecule has 1 aliphatic heterocycles. The van der Waals surface area contributed by atoms with Gasteiger partial charge in [0.2, 0.25) is 5.91 Å². The van der Waals surface area contributed by atoms with Crippen LogP contribution in [-0.4, -0.2) is 30.4 Å². The van der Waals surface area contributed by atoms with Crippen molar-refractivity contribution in [2.45, 2.75) is 46.6 Å². The van der Waals surface area contributed by atoms with Gasteiger partial charge in [-0.2, -0.15) is 0 Å². The highest BCUT2D eigenvalue weighted by Gasteiger charge is 2.19. The molecule has 1 heterocycles. The molecule has 3 nitrogen and oxygen atoms in total. The molecule has 0 bridgehead atoms. The molecular weight excluding hydrogens is 248 g/mol. The first-order valence-electron chi connectivity index (χ1n) is 7.58. The number of amides is 1. The summed E-state index contributed by atoms with van der Waals surface area (Å²) in [5, 5.41) is 3.39. The first-order chi connectivity index (χ1) is 9.49. The molecule has 1 aromatic carbocycles. The van der Waals surface area contributed by atoms with Gasteiger partial charge in [-0.3, -0.25) is 4.79 Å². The molecule has 1 aliphatic rings. The molecule has 1 saturated heterocycles. The molecule has 20 heavy (non-hydrogen) atoms. The van der Waals surface area contributed by atoms with Crippen molar-refractivity contribution >= 4 is 5.91 Å². The molecule has 3 heteroatoms. The van der Waals surface area contributed by atoms with Crippen LogP contribution in [0.5, 0.6) is 0 Å². The number of nitrogens with zero attached hydrogens (tertiary/aromatic N) is 1. The van der Waals surface area contributed by atoms with E-state index in [2.05, 4.69) is 45.1 Å². The van der Waals surface area contributed by atoms with Gasteiger partial charge in [-0.25, -0.2) is 0 Å². The van der Waals surface area contributed by atoms with Gasteiger partial charge in [0.1, 0.15) is 0 Å². The SMILES string of the molecule is Cc1cc(C)c(C(C)NCC(=O)N2CCCC2)c(C)c1.